The Morgan fingerprint density at radius 3 is 2.25 bits per heavy atom. The molecule has 1 aliphatic rings. The van der Waals surface area contributed by atoms with Crippen molar-refractivity contribution in [2.75, 3.05) is 33.0 Å². The van der Waals surface area contributed by atoms with Gasteiger partial charge in [-0.05, 0) is 48.5 Å². The second-order valence-electron chi connectivity index (χ2n) is 7.39. The predicted octanol–water partition coefficient (Wildman–Crippen LogP) is 2.62. The Hall–Kier alpha value is -1.34. The molecule has 0 spiro atoms. The van der Waals surface area contributed by atoms with E-state index in [2.05, 4.69) is 4.74 Å². The summed E-state index contributed by atoms with van der Waals surface area (Å²) < 4.78 is 20.6. The third-order valence-corrected chi connectivity index (χ3v) is 2.77. The van der Waals surface area contributed by atoms with Gasteiger partial charge in [0.05, 0.1) is 25.9 Å². The summed E-state index contributed by atoms with van der Waals surface area (Å²) in [5, 5.41) is 0. The van der Waals surface area contributed by atoms with Crippen molar-refractivity contribution in [2.45, 2.75) is 65.7 Å². The zero-order valence-electron chi connectivity index (χ0n) is 16.1. The van der Waals surface area contributed by atoms with Crippen LogP contribution in [0, 0.1) is 0 Å². The lowest BCUT2D eigenvalue weighted by molar-refractivity contribution is -0.138. The fraction of sp³-hybridized carbons (Fsp3) is 0.882. The van der Waals surface area contributed by atoms with E-state index in [4.69, 9.17) is 14.2 Å². The Kier molecular flexibility index (Phi) is 9.92. The average molecular weight is 347 g/mol. The number of ether oxygens (including phenoxy) is 4. The van der Waals surface area contributed by atoms with Gasteiger partial charge in [-0.25, -0.2) is 4.79 Å². The molecule has 0 bridgehead atoms. The molecular formula is C17H33NO6. The van der Waals surface area contributed by atoms with E-state index in [9.17, 15) is 9.59 Å². The summed E-state index contributed by atoms with van der Waals surface area (Å²) in [6.45, 7) is 16.2. The van der Waals surface area contributed by atoms with Gasteiger partial charge >= 0.3 is 6.09 Å². The van der Waals surface area contributed by atoms with E-state index < -0.39 is 5.60 Å². The fourth-order valence-corrected chi connectivity index (χ4v) is 1.75. The van der Waals surface area contributed by atoms with E-state index in [0.717, 1.165) is 0 Å². The Bertz CT molecular complexity index is 372. The highest BCUT2D eigenvalue weighted by Crippen LogP contribution is 2.14. The molecule has 7 heteroatoms. The summed E-state index contributed by atoms with van der Waals surface area (Å²) in [6, 6.07) is -0.0430. The second-order valence-corrected chi connectivity index (χ2v) is 7.39. The standard InChI is InChI=1S/C12H23NO4.C5H10O2/c1-5-15-8-10-9-16-7-6-13(10)11(14)17-12(2,3)4;1-5(2,3)7-4-6/h10H,5-9H2,1-4H3;4H,1-3H3. The highest BCUT2D eigenvalue weighted by molar-refractivity contribution is 5.68. The van der Waals surface area contributed by atoms with Crippen LogP contribution in [0.4, 0.5) is 4.79 Å². The third-order valence-electron chi connectivity index (χ3n) is 2.77. The van der Waals surface area contributed by atoms with Crippen LogP contribution >= 0.6 is 0 Å². The van der Waals surface area contributed by atoms with E-state index in [0.29, 0.717) is 39.4 Å². The van der Waals surface area contributed by atoms with Crippen LogP contribution in [0.2, 0.25) is 0 Å². The summed E-state index contributed by atoms with van der Waals surface area (Å²) in [5.74, 6) is 0. The first-order valence-corrected chi connectivity index (χ1v) is 8.26. The third kappa shape index (κ3) is 11.2. The van der Waals surface area contributed by atoms with Gasteiger partial charge < -0.3 is 18.9 Å². The van der Waals surface area contributed by atoms with Gasteiger partial charge in [-0.3, -0.25) is 9.69 Å². The maximum atomic E-state index is 12.0. The maximum absolute atomic E-state index is 12.0. The molecule has 0 N–H and O–H groups in total. The molecule has 7 nitrogen and oxygen atoms in total. The highest BCUT2D eigenvalue weighted by Gasteiger charge is 2.30. The molecule has 1 atom stereocenters. The number of amides is 1. The van der Waals surface area contributed by atoms with Gasteiger partial charge in [0.2, 0.25) is 0 Å². The van der Waals surface area contributed by atoms with Gasteiger partial charge in [-0.15, -0.1) is 0 Å². The molecule has 0 aliphatic carbocycles. The molecule has 1 aliphatic heterocycles. The zero-order valence-corrected chi connectivity index (χ0v) is 16.1. The molecule has 142 valence electrons. The number of morpholine rings is 1. The molecule has 0 aromatic carbocycles. The van der Waals surface area contributed by atoms with Crippen LogP contribution in [0.5, 0.6) is 0 Å². The fourth-order valence-electron chi connectivity index (χ4n) is 1.75. The van der Waals surface area contributed by atoms with E-state index in [1.807, 2.05) is 48.5 Å². The van der Waals surface area contributed by atoms with Gasteiger partial charge in [-0.1, -0.05) is 0 Å². The molecule has 1 rings (SSSR count). The van der Waals surface area contributed by atoms with E-state index >= 15 is 0 Å². The van der Waals surface area contributed by atoms with E-state index in [1.165, 1.54) is 0 Å². The van der Waals surface area contributed by atoms with E-state index in [1.54, 1.807) is 4.90 Å². The van der Waals surface area contributed by atoms with Crippen molar-refractivity contribution in [3.8, 4) is 0 Å². The predicted molar refractivity (Wildman–Crippen MR) is 90.9 cm³/mol. The van der Waals surface area contributed by atoms with Crippen LogP contribution in [0.1, 0.15) is 48.5 Å². The van der Waals surface area contributed by atoms with Crippen molar-refractivity contribution in [2.24, 2.45) is 0 Å². The molecule has 1 unspecified atom stereocenters. The quantitative estimate of drug-likeness (QED) is 0.728. The zero-order chi connectivity index (χ0) is 18.8. The minimum Gasteiger partial charge on any atom is -0.462 e. The lowest BCUT2D eigenvalue weighted by Gasteiger charge is -2.36. The lowest BCUT2D eigenvalue weighted by Crippen LogP contribution is -2.52. The molecule has 1 fully saturated rings. The first-order chi connectivity index (χ1) is 11.0. The summed E-state index contributed by atoms with van der Waals surface area (Å²) >= 11 is 0. The van der Waals surface area contributed by atoms with Crippen LogP contribution in [0.3, 0.4) is 0 Å². The average Bonchev–Trinajstić information content (AvgIpc) is 2.43. The number of carbonyl (C=O) groups is 2. The summed E-state index contributed by atoms with van der Waals surface area (Å²) in [5.41, 5.74) is -0.784. The summed E-state index contributed by atoms with van der Waals surface area (Å²) in [4.78, 5) is 23.3. The molecule has 1 amide bonds. The Morgan fingerprint density at radius 2 is 1.83 bits per heavy atom. The molecule has 24 heavy (non-hydrogen) atoms. The van der Waals surface area contributed by atoms with Gasteiger partial charge in [-0.2, -0.15) is 0 Å². The Balaban J connectivity index is 0.000000640. The first kappa shape index (κ1) is 22.7. The maximum Gasteiger partial charge on any atom is 0.410 e. The second kappa shape index (κ2) is 10.5. The van der Waals surface area contributed by atoms with Crippen molar-refractivity contribution in [1.29, 1.82) is 0 Å². The highest BCUT2D eigenvalue weighted by atomic mass is 16.6. The molecule has 1 saturated heterocycles. The molecular weight excluding hydrogens is 314 g/mol. The van der Waals surface area contributed by atoms with Gasteiger partial charge in [0, 0.05) is 13.2 Å². The smallest absolute Gasteiger partial charge is 0.410 e. The van der Waals surface area contributed by atoms with Crippen LogP contribution in [0.25, 0.3) is 0 Å². The van der Waals surface area contributed by atoms with E-state index in [-0.39, 0.29) is 17.7 Å². The van der Waals surface area contributed by atoms with Crippen molar-refractivity contribution in [1.82, 2.24) is 4.90 Å². The number of hydrogen-bond donors (Lipinski definition) is 0. The van der Waals surface area contributed by atoms with Crippen LogP contribution in [-0.4, -0.2) is 67.7 Å². The number of rotatable bonds is 4. The molecule has 0 radical (unpaired) electrons. The number of hydrogen-bond acceptors (Lipinski definition) is 6. The van der Waals surface area contributed by atoms with Crippen LogP contribution < -0.4 is 0 Å². The minimum absolute atomic E-state index is 0.0430. The number of carbonyl (C=O) groups excluding carboxylic acids is 2. The number of nitrogens with zero attached hydrogens (tertiary/aromatic N) is 1. The van der Waals surface area contributed by atoms with Crippen LogP contribution in [-0.2, 0) is 23.7 Å². The molecule has 0 saturated carbocycles. The Morgan fingerprint density at radius 1 is 1.21 bits per heavy atom. The minimum atomic E-state index is -0.467. The molecule has 1 heterocycles. The van der Waals surface area contributed by atoms with Crippen molar-refractivity contribution in [3.63, 3.8) is 0 Å². The lowest BCUT2D eigenvalue weighted by atomic mass is 10.2. The van der Waals surface area contributed by atoms with Gasteiger partial charge in [0.1, 0.15) is 11.2 Å². The normalized spacial score (nSPS) is 18.3. The van der Waals surface area contributed by atoms with Crippen LogP contribution in [0.15, 0.2) is 0 Å². The largest absolute Gasteiger partial charge is 0.462 e. The Labute approximate surface area is 145 Å². The van der Waals surface area contributed by atoms with Gasteiger partial charge in [0.25, 0.3) is 6.47 Å². The summed E-state index contributed by atoms with van der Waals surface area (Å²) in [7, 11) is 0. The summed E-state index contributed by atoms with van der Waals surface area (Å²) in [6.07, 6.45) is -0.287. The first-order valence-electron chi connectivity index (χ1n) is 8.26. The van der Waals surface area contributed by atoms with Gasteiger partial charge in [0.15, 0.2) is 0 Å². The van der Waals surface area contributed by atoms with Crippen molar-refractivity contribution in [3.05, 3.63) is 0 Å². The monoisotopic (exact) mass is 347 g/mol. The topological polar surface area (TPSA) is 74.3 Å². The van der Waals surface area contributed by atoms with Crippen molar-refractivity contribution < 1.29 is 28.5 Å². The molecule has 0 aromatic rings. The SMILES string of the molecule is CC(C)(C)OC=O.CCOCC1COCCN1C(=O)OC(C)(C)C. The van der Waals surface area contributed by atoms with Crippen molar-refractivity contribution >= 4 is 12.6 Å². The molecule has 0 aromatic heterocycles.